The van der Waals surface area contributed by atoms with Crippen LogP contribution in [-0.2, 0) is 9.47 Å². The van der Waals surface area contributed by atoms with Gasteiger partial charge < -0.3 is 14.8 Å². The molecule has 1 saturated carbocycles. The van der Waals surface area contributed by atoms with E-state index >= 15 is 0 Å². The molecular formula is C16H31NO2. The molecular weight excluding hydrogens is 238 g/mol. The van der Waals surface area contributed by atoms with Crippen LogP contribution < -0.4 is 5.32 Å². The van der Waals surface area contributed by atoms with Gasteiger partial charge in [-0.15, -0.1) is 0 Å². The lowest BCUT2D eigenvalue weighted by molar-refractivity contribution is -0.0870. The highest BCUT2D eigenvalue weighted by atomic mass is 16.5. The van der Waals surface area contributed by atoms with E-state index in [4.69, 9.17) is 9.47 Å². The van der Waals surface area contributed by atoms with E-state index < -0.39 is 0 Å². The summed E-state index contributed by atoms with van der Waals surface area (Å²) in [6.45, 7) is 11.8. The molecule has 2 aliphatic rings. The second-order valence-electron chi connectivity index (χ2n) is 7.35. The van der Waals surface area contributed by atoms with Crippen LogP contribution in [0.25, 0.3) is 0 Å². The lowest BCUT2D eigenvalue weighted by atomic mass is 9.78. The van der Waals surface area contributed by atoms with Crippen molar-refractivity contribution in [1.29, 1.82) is 0 Å². The van der Waals surface area contributed by atoms with Crippen LogP contribution in [0.15, 0.2) is 0 Å². The zero-order chi connectivity index (χ0) is 14.3. The minimum absolute atomic E-state index is 0.0242. The Labute approximate surface area is 118 Å². The fourth-order valence-electron chi connectivity index (χ4n) is 3.91. The van der Waals surface area contributed by atoms with E-state index in [1.165, 1.54) is 12.8 Å². The van der Waals surface area contributed by atoms with Crippen molar-refractivity contribution >= 4 is 0 Å². The highest BCUT2D eigenvalue weighted by molar-refractivity contribution is 5.04. The van der Waals surface area contributed by atoms with Crippen molar-refractivity contribution in [2.24, 2.45) is 11.8 Å². The molecule has 0 radical (unpaired) electrons. The summed E-state index contributed by atoms with van der Waals surface area (Å²) in [5.74, 6) is 1.25. The largest absolute Gasteiger partial charge is 0.377 e. The Hall–Kier alpha value is -0.120. The molecule has 0 aromatic heterocycles. The Morgan fingerprint density at radius 1 is 1.26 bits per heavy atom. The Morgan fingerprint density at radius 3 is 2.26 bits per heavy atom. The summed E-state index contributed by atoms with van der Waals surface area (Å²) in [5, 5.41) is 3.54. The molecule has 3 nitrogen and oxygen atoms in total. The minimum Gasteiger partial charge on any atom is -0.377 e. The van der Waals surface area contributed by atoms with Crippen LogP contribution >= 0.6 is 0 Å². The average Bonchev–Trinajstić information content (AvgIpc) is 3.06. The van der Waals surface area contributed by atoms with E-state index in [0.717, 1.165) is 18.9 Å². The summed E-state index contributed by atoms with van der Waals surface area (Å²) in [5.41, 5.74) is -0.106. The highest BCUT2D eigenvalue weighted by Gasteiger charge is 2.52. The summed E-state index contributed by atoms with van der Waals surface area (Å²) < 4.78 is 12.3. The van der Waals surface area contributed by atoms with E-state index in [9.17, 15) is 0 Å². The summed E-state index contributed by atoms with van der Waals surface area (Å²) in [4.78, 5) is 0. The molecule has 112 valence electrons. The standard InChI is InChI=1S/C16H31NO2/c1-7-18-14(11-8-9-11)13(17-6)12-10-15(2,3)19-16(12,4)5/h11-14,17H,7-10H2,1-6H3. The zero-order valence-corrected chi connectivity index (χ0v) is 13.5. The lowest BCUT2D eigenvalue weighted by Crippen LogP contribution is -2.51. The third kappa shape index (κ3) is 3.32. The molecule has 0 amide bonds. The van der Waals surface area contributed by atoms with Gasteiger partial charge in [0.15, 0.2) is 0 Å². The maximum absolute atomic E-state index is 6.26. The zero-order valence-electron chi connectivity index (χ0n) is 13.5. The molecule has 1 N–H and O–H groups in total. The van der Waals surface area contributed by atoms with Gasteiger partial charge in [-0.25, -0.2) is 0 Å². The molecule has 19 heavy (non-hydrogen) atoms. The predicted molar refractivity (Wildman–Crippen MR) is 78.3 cm³/mol. The summed E-state index contributed by atoms with van der Waals surface area (Å²) in [6.07, 6.45) is 4.08. The number of hydrogen-bond acceptors (Lipinski definition) is 3. The molecule has 0 bridgehead atoms. The quantitative estimate of drug-likeness (QED) is 0.804. The van der Waals surface area contributed by atoms with Gasteiger partial charge in [-0.3, -0.25) is 0 Å². The first kappa shape index (κ1) is 15.3. The molecule has 2 fully saturated rings. The molecule has 3 atom stereocenters. The van der Waals surface area contributed by atoms with Crippen LogP contribution in [-0.4, -0.2) is 37.0 Å². The van der Waals surface area contributed by atoms with Gasteiger partial charge >= 0.3 is 0 Å². The normalized spacial score (nSPS) is 32.2. The SMILES string of the molecule is CCOC(C1CC1)C(NC)C1CC(C)(C)OC1(C)C. The number of rotatable bonds is 6. The van der Waals surface area contributed by atoms with E-state index in [0.29, 0.717) is 18.1 Å². The molecule has 1 heterocycles. The van der Waals surface area contributed by atoms with Gasteiger partial charge in [-0.1, -0.05) is 0 Å². The third-order valence-electron chi connectivity index (χ3n) is 4.71. The van der Waals surface area contributed by atoms with Gasteiger partial charge in [0.1, 0.15) is 0 Å². The Bertz CT molecular complexity index is 310. The maximum Gasteiger partial charge on any atom is 0.0759 e. The molecule has 0 aromatic carbocycles. The van der Waals surface area contributed by atoms with Crippen LogP contribution in [0.3, 0.4) is 0 Å². The van der Waals surface area contributed by atoms with Crippen molar-refractivity contribution in [2.75, 3.05) is 13.7 Å². The fraction of sp³-hybridized carbons (Fsp3) is 1.00. The highest BCUT2D eigenvalue weighted by Crippen LogP contribution is 2.47. The maximum atomic E-state index is 6.26. The van der Waals surface area contributed by atoms with Gasteiger partial charge in [-0.05, 0) is 66.8 Å². The second kappa shape index (κ2) is 5.34. The first-order valence-corrected chi connectivity index (χ1v) is 7.80. The Kier molecular flexibility index (Phi) is 4.29. The van der Waals surface area contributed by atoms with Gasteiger partial charge in [0.2, 0.25) is 0 Å². The van der Waals surface area contributed by atoms with E-state index in [2.05, 4.69) is 47.0 Å². The average molecular weight is 269 g/mol. The van der Waals surface area contributed by atoms with Crippen LogP contribution in [0.2, 0.25) is 0 Å². The van der Waals surface area contributed by atoms with E-state index in [1.807, 2.05) is 0 Å². The van der Waals surface area contributed by atoms with E-state index in [-0.39, 0.29) is 11.2 Å². The lowest BCUT2D eigenvalue weighted by Gasteiger charge is -2.37. The molecule has 0 aromatic rings. The minimum atomic E-state index is -0.0819. The number of hydrogen-bond donors (Lipinski definition) is 1. The first-order valence-electron chi connectivity index (χ1n) is 7.80. The van der Waals surface area contributed by atoms with Gasteiger partial charge in [0.25, 0.3) is 0 Å². The molecule has 3 unspecified atom stereocenters. The van der Waals surface area contributed by atoms with Crippen molar-refractivity contribution in [2.45, 2.75) is 77.2 Å². The molecule has 3 heteroatoms. The predicted octanol–water partition coefficient (Wildman–Crippen LogP) is 2.98. The summed E-state index contributed by atoms with van der Waals surface area (Å²) in [7, 11) is 2.07. The molecule has 1 aliphatic carbocycles. The van der Waals surface area contributed by atoms with Gasteiger partial charge in [0.05, 0.1) is 17.3 Å². The molecule has 0 spiro atoms. The van der Waals surface area contributed by atoms with Gasteiger partial charge in [-0.2, -0.15) is 0 Å². The first-order chi connectivity index (χ1) is 8.80. The number of nitrogens with one attached hydrogen (secondary N) is 1. The summed E-state index contributed by atoms with van der Waals surface area (Å²) in [6, 6.07) is 0.393. The smallest absolute Gasteiger partial charge is 0.0759 e. The summed E-state index contributed by atoms with van der Waals surface area (Å²) >= 11 is 0. The topological polar surface area (TPSA) is 30.5 Å². The third-order valence-corrected chi connectivity index (χ3v) is 4.71. The van der Waals surface area contributed by atoms with Crippen LogP contribution in [0.5, 0.6) is 0 Å². The van der Waals surface area contributed by atoms with Gasteiger partial charge in [0, 0.05) is 18.6 Å². The molecule has 1 saturated heterocycles. The van der Waals surface area contributed by atoms with Crippen molar-refractivity contribution < 1.29 is 9.47 Å². The Balaban J connectivity index is 2.15. The monoisotopic (exact) mass is 269 g/mol. The van der Waals surface area contributed by atoms with Crippen LogP contribution in [0, 0.1) is 11.8 Å². The van der Waals surface area contributed by atoms with Crippen molar-refractivity contribution in [3.05, 3.63) is 0 Å². The molecule has 2 rings (SSSR count). The second-order valence-corrected chi connectivity index (χ2v) is 7.35. The van der Waals surface area contributed by atoms with Crippen LogP contribution in [0.1, 0.15) is 53.9 Å². The van der Waals surface area contributed by atoms with Crippen molar-refractivity contribution in [1.82, 2.24) is 5.32 Å². The van der Waals surface area contributed by atoms with Crippen molar-refractivity contribution in [3.63, 3.8) is 0 Å². The number of likely N-dealkylation sites (N-methyl/N-ethyl adjacent to an activating group) is 1. The number of ether oxygens (including phenoxy) is 2. The van der Waals surface area contributed by atoms with Crippen molar-refractivity contribution in [3.8, 4) is 0 Å². The van der Waals surface area contributed by atoms with E-state index in [1.54, 1.807) is 0 Å². The Morgan fingerprint density at radius 2 is 1.89 bits per heavy atom. The molecule has 1 aliphatic heterocycles. The fourth-order valence-corrected chi connectivity index (χ4v) is 3.91. The van der Waals surface area contributed by atoms with Crippen LogP contribution in [0.4, 0.5) is 0 Å².